The summed E-state index contributed by atoms with van der Waals surface area (Å²) in [6.45, 7) is 2.02. The minimum Gasteiger partial charge on any atom is -0.465 e. The Morgan fingerprint density at radius 1 is 1.21 bits per heavy atom. The molecule has 0 heterocycles. The van der Waals surface area contributed by atoms with Gasteiger partial charge in [-0.3, -0.25) is 4.79 Å². The summed E-state index contributed by atoms with van der Waals surface area (Å²) in [5.74, 6) is -1.17. The van der Waals surface area contributed by atoms with Crippen LogP contribution in [0.3, 0.4) is 0 Å². The molecule has 1 atom stereocenters. The van der Waals surface area contributed by atoms with E-state index in [0.29, 0.717) is 19.3 Å². The summed E-state index contributed by atoms with van der Waals surface area (Å²) in [5.41, 5.74) is 0.962. The molecule has 2 aromatic carbocycles. The molecule has 2 aromatic rings. The van der Waals surface area contributed by atoms with Crippen molar-refractivity contribution in [1.29, 1.82) is 0 Å². The first-order valence-corrected chi connectivity index (χ1v) is 6.34. The molecule has 0 aliphatic heterocycles. The summed E-state index contributed by atoms with van der Waals surface area (Å²) in [7, 11) is 0. The Balaban J connectivity index is 2.19. The first-order chi connectivity index (χ1) is 9.24. The SMILES string of the molecule is CCOC(=O)C(C=O)Cc1ccc2ccccc2c1. The van der Waals surface area contributed by atoms with Crippen molar-refractivity contribution < 1.29 is 14.3 Å². The highest BCUT2D eigenvalue weighted by Crippen LogP contribution is 2.18. The topological polar surface area (TPSA) is 43.4 Å². The van der Waals surface area contributed by atoms with E-state index >= 15 is 0 Å². The van der Waals surface area contributed by atoms with Crippen LogP contribution < -0.4 is 0 Å². The molecule has 2 rings (SSSR count). The van der Waals surface area contributed by atoms with Gasteiger partial charge in [0.1, 0.15) is 12.2 Å². The van der Waals surface area contributed by atoms with Crippen LogP contribution in [0.5, 0.6) is 0 Å². The zero-order valence-corrected chi connectivity index (χ0v) is 10.8. The molecule has 0 aliphatic rings. The predicted octanol–water partition coefficient (Wildman–Crippen LogP) is 2.76. The van der Waals surface area contributed by atoms with Gasteiger partial charge >= 0.3 is 5.97 Å². The van der Waals surface area contributed by atoms with Crippen molar-refractivity contribution in [2.45, 2.75) is 13.3 Å². The number of aldehydes is 1. The molecule has 0 aromatic heterocycles. The van der Waals surface area contributed by atoms with E-state index in [4.69, 9.17) is 4.74 Å². The Kier molecular flexibility index (Phi) is 4.29. The second-order valence-corrected chi connectivity index (χ2v) is 4.38. The number of fused-ring (bicyclic) bond motifs is 1. The van der Waals surface area contributed by atoms with Crippen molar-refractivity contribution in [3.8, 4) is 0 Å². The number of esters is 1. The Morgan fingerprint density at radius 2 is 1.95 bits per heavy atom. The van der Waals surface area contributed by atoms with E-state index in [9.17, 15) is 9.59 Å². The van der Waals surface area contributed by atoms with Crippen LogP contribution in [0.15, 0.2) is 42.5 Å². The maximum absolute atomic E-state index is 11.6. The summed E-state index contributed by atoms with van der Waals surface area (Å²) in [5, 5.41) is 2.25. The van der Waals surface area contributed by atoms with Crippen molar-refractivity contribution in [2.24, 2.45) is 5.92 Å². The van der Waals surface area contributed by atoms with Gasteiger partial charge in [0.2, 0.25) is 0 Å². The largest absolute Gasteiger partial charge is 0.465 e. The number of ether oxygens (including phenoxy) is 1. The van der Waals surface area contributed by atoms with E-state index in [-0.39, 0.29) is 0 Å². The Labute approximate surface area is 112 Å². The Hall–Kier alpha value is -2.16. The quantitative estimate of drug-likeness (QED) is 0.469. The van der Waals surface area contributed by atoms with Gasteiger partial charge in [0.25, 0.3) is 0 Å². The van der Waals surface area contributed by atoms with E-state index in [1.165, 1.54) is 0 Å². The molecule has 98 valence electrons. The third-order valence-electron chi connectivity index (χ3n) is 3.02. The van der Waals surface area contributed by atoms with E-state index in [0.717, 1.165) is 16.3 Å². The molecule has 0 N–H and O–H groups in total. The highest BCUT2D eigenvalue weighted by atomic mass is 16.5. The molecule has 0 saturated carbocycles. The molecule has 0 aliphatic carbocycles. The van der Waals surface area contributed by atoms with Crippen LogP contribution in [-0.4, -0.2) is 18.9 Å². The van der Waals surface area contributed by atoms with Crippen molar-refractivity contribution in [3.05, 3.63) is 48.0 Å². The summed E-state index contributed by atoms with van der Waals surface area (Å²) < 4.78 is 4.88. The monoisotopic (exact) mass is 256 g/mol. The van der Waals surface area contributed by atoms with Gasteiger partial charge in [-0.2, -0.15) is 0 Å². The molecule has 0 saturated heterocycles. The average Bonchev–Trinajstić information content (AvgIpc) is 2.44. The normalized spacial score (nSPS) is 12.1. The molecule has 0 bridgehead atoms. The van der Waals surface area contributed by atoms with Crippen LogP contribution in [-0.2, 0) is 20.7 Å². The third-order valence-corrected chi connectivity index (χ3v) is 3.02. The molecule has 0 fully saturated rings. The maximum atomic E-state index is 11.6. The number of carbonyl (C=O) groups excluding carboxylic acids is 2. The summed E-state index contributed by atoms with van der Waals surface area (Å²) in [6, 6.07) is 13.9. The average molecular weight is 256 g/mol. The predicted molar refractivity (Wildman–Crippen MR) is 73.8 cm³/mol. The van der Waals surface area contributed by atoms with Gasteiger partial charge in [-0.1, -0.05) is 42.5 Å². The highest BCUT2D eigenvalue weighted by Gasteiger charge is 2.19. The van der Waals surface area contributed by atoms with E-state index in [2.05, 4.69) is 0 Å². The standard InChI is InChI=1S/C16H16O3/c1-2-19-16(18)15(11-17)10-12-7-8-13-5-3-4-6-14(13)9-12/h3-9,11,15H,2,10H2,1H3. The minimum absolute atomic E-state index is 0.293. The lowest BCUT2D eigenvalue weighted by atomic mass is 9.98. The van der Waals surface area contributed by atoms with E-state index in [1.807, 2.05) is 42.5 Å². The first kappa shape index (κ1) is 13.3. The van der Waals surface area contributed by atoms with Crippen LogP contribution in [0.4, 0.5) is 0 Å². The maximum Gasteiger partial charge on any atom is 0.316 e. The third kappa shape index (κ3) is 3.19. The van der Waals surface area contributed by atoms with Crippen LogP contribution >= 0.6 is 0 Å². The Morgan fingerprint density at radius 3 is 2.63 bits per heavy atom. The van der Waals surface area contributed by atoms with Gasteiger partial charge in [0.05, 0.1) is 6.61 Å². The molecule has 1 unspecified atom stereocenters. The molecule has 3 heteroatoms. The molecule has 0 radical (unpaired) electrons. The molecule has 19 heavy (non-hydrogen) atoms. The first-order valence-electron chi connectivity index (χ1n) is 6.34. The van der Waals surface area contributed by atoms with Crippen molar-refractivity contribution in [3.63, 3.8) is 0 Å². The van der Waals surface area contributed by atoms with Crippen molar-refractivity contribution in [1.82, 2.24) is 0 Å². The van der Waals surface area contributed by atoms with Gasteiger partial charge < -0.3 is 9.53 Å². The van der Waals surface area contributed by atoms with E-state index in [1.54, 1.807) is 6.92 Å². The van der Waals surface area contributed by atoms with Crippen molar-refractivity contribution in [2.75, 3.05) is 6.61 Å². The van der Waals surface area contributed by atoms with Gasteiger partial charge in [0, 0.05) is 0 Å². The fraction of sp³-hybridized carbons (Fsp3) is 0.250. The smallest absolute Gasteiger partial charge is 0.316 e. The summed E-state index contributed by atoms with van der Waals surface area (Å²) in [6.07, 6.45) is 1.04. The Bertz CT molecular complexity index is 589. The lowest BCUT2D eigenvalue weighted by Crippen LogP contribution is -2.21. The van der Waals surface area contributed by atoms with Gasteiger partial charge in [-0.15, -0.1) is 0 Å². The van der Waals surface area contributed by atoms with Crippen LogP contribution in [0.1, 0.15) is 12.5 Å². The van der Waals surface area contributed by atoms with Crippen LogP contribution in [0.25, 0.3) is 10.8 Å². The number of benzene rings is 2. The summed E-state index contributed by atoms with van der Waals surface area (Å²) in [4.78, 5) is 22.6. The fourth-order valence-electron chi connectivity index (χ4n) is 2.06. The second-order valence-electron chi connectivity index (χ2n) is 4.38. The number of rotatable bonds is 5. The molecule has 3 nitrogen and oxygen atoms in total. The number of hydrogen-bond acceptors (Lipinski definition) is 3. The van der Waals surface area contributed by atoms with E-state index < -0.39 is 11.9 Å². The number of carbonyl (C=O) groups is 2. The number of hydrogen-bond donors (Lipinski definition) is 0. The van der Waals surface area contributed by atoms with Gasteiger partial charge in [-0.25, -0.2) is 0 Å². The molecule has 0 amide bonds. The van der Waals surface area contributed by atoms with Crippen LogP contribution in [0.2, 0.25) is 0 Å². The lowest BCUT2D eigenvalue weighted by Gasteiger charge is -2.10. The minimum atomic E-state index is -0.721. The molecular formula is C16H16O3. The van der Waals surface area contributed by atoms with Gasteiger partial charge in [-0.05, 0) is 29.7 Å². The molecule has 0 spiro atoms. The van der Waals surface area contributed by atoms with Gasteiger partial charge in [0.15, 0.2) is 0 Å². The zero-order valence-electron chi connectivity index (χ0n) is 10.8. The van der Waals surface area contributed by atoms with Crippen LogP contribution in [0, 0.1) is 5.92 Å². The molecular weight excluding hydrogens is 240 g/mol. The van der Waals surface area contributed by atoms with Crippen molar-refractivity contribution >= 4 is 23.0 Å². The fourth-order valence-corrected chi connectivity index (χ4v) is 2.06. The highest BCUT2D eigenvalue weighted by molar-refractivity contribution is 5.88. The lowest BCUT2D eigenvalue weighted by molar-refractivity contribution is -0.149. The summed E-state index contributed by atoms with van der Waals surface area (Å²) >= 11 is 0. The second kappa shape index (κ2) is 6.14. The zero-order chi connectivity index (χ0) is 13.7.